The lowest BCUT2D eigenvalue weighted by Gasteiger charge is -2.31. The summed E-state index contributed by atoms with van der Waals surface area (Å²) in [5.74, 6) is 0.351. The number of carbonyl (C=O) groups is 1. The Balaban J connectivity index is 1.32. The van der Waals surface area contributed by atoms with Gasteiger partial charge < -0.3 is 4.90 Å². The van der Waals surface area contributed by atoms with Crippen molar-refractivity contribution < 1.29 is 4.79 Å². The Hall–Kier alpha value is -3.61. The maximum absolute atomic E-state index is 12.5. The van der Waals surface area contributed by atoms with Gasteiger partial charge in [-0.3, -0.25) is 14.9 Å². The molecule has 5 rings (SSSR count). The minimum atomic E-state index is 0.0118. The zero-order valence-corrected chi connectivity index (χ0v) is 15.8. The minimum Gasteiger partial charge on any atom is -0.337 e. The molecule has 4 aromatic rings. The molecule has 0 unspecified atom stereocenters. The second-order valence-electron chi connectivity index (χ2n) is 7.28. The zero-order valence-electron chi connectivity index (χ0n) is 15.8. The lowest BCUT2D eigenvalue weighted by atomic mass is 9.92. The van der Waals surface area contributed by atoms with E-state index in [1.54, 1.807) is 24.7 Å². The average Bonchev–Trinajstić information content (AvgIpc) is 3.34. The van der Waals surface area contributed by atoms with Crippen LogP contribution in [0.15, 0.2) is 61.2 Å². The maximum Gasteiger partial charge on any atom is 0.271 e. The molecule has 144 valence electrons. The van der Waals surface area contributed by atoms with Gasteiger partial charge in [-0.05, 0) is 54.8 Å². The molecule has 1 saturated heterocycles. The van der Waals surface area contributed by atoms with Crippen molar-refractivity contribution in [3.8, 4) is 11.1 Å². The molecule has 0 aromatic carbocycles. The molecule has 1 aliphatic heterocycles. The number of likely N-dealkylation sites (tertiary alicyclic amines) is 1. The van der Waals surface area contributed by atoms with Crippen LogP contribution in [0.4, 0.5) is 0 Å². The lowest BCUT2D eigenvalue weighted by Crippen LogP contribution is -2.38. The van der Waals surface area contributed by atoms with Gasteiger partial charge in [0.2, 0.25) is 0 Å². The van der Waals surface area contributed by atoms with E-state index in [1.807, 2.05) is 23.2 Å². The number of carbonyl (C=O) groups excluding carboxylic acids is 1. The summed E-state index contributed by atoms with van der Waals surface area (Å²) in [6.07, 6.45) is 8.82. The number of rotatable bonds is 3. The topological polar surface area (TPSA) is 87.7 Å². The highest BCUT2D eigenvalue weighted by molar-refractivity contribution is 5.92. The van der Waals surface area contributed by atoms with Gasteiger partial charge in [0.05, 0.1) is 0 Å². The number of aromatic nitrogens is 5. The van der Waals surface area contributed by atoms with Crippen molar-refractivity contribution in [2.75, 3.05) is 13.1 Å². The number of piperidine rings is 1. The number of H-pyrrole nitrogens is 1. The van der Waals surface area contributed by atoms with Crippen LogP contribution >= 0.6 is 0 Å². The number of nitrogens with one attached hydrogen (secondary N) is 1. The Morgan fingerprint density at radius 1 is 1.00 bits per heavy atom. The van der Waals surface area contributed by atoms with Gasteiger partial charge in [-0.2, -0.15) is 5.10 Å². The first-order valence-corrected chi connectivity index (χ1v) is 9.74. The van der Waals surface area contributed by atoms with Gasteiger partial charge >= 0.3 is 0 Å². The summed E-state index contributed by atoms with van der Waals surface area (Å²) in [4.78, 5) is 27.8. The molecular weight excluding hydrogens is 364 g/mol. The van der Waals surface area contributed by atoms with Gasteiger partial charge in [0.1, 0.15) is 5.69 Å². The van der Waals surface area contributed by atoms with Crippen LogP contribution in [0.25, 0.3) is 22.2 Å². The third-order valence-electron chi connectivity index (χ3n) is 5.51. The van der Waals surface area contributed by atoms with Crippen LogP contribution in [-0.2, 0) is 0 Å². The number of fused-ring (bicyclic) bond motifs is 1. The predicted molar refractivity (Wildman–Crippen MR) is 109 cm³/mol. The van der Waals surface area contributed by atoms with Crippen molar-refractivity contribution in [1.29, 1.82) is 0 Å². The highest BCUT2D eigenvalue weighted by Gasteiger charge is 2.26. The van der Waals surface area contributed by atoms with E-state index in [2.05, 4.69) is 38.4 Å². The molecule has 1 N–H and O–H groups in total. The van der Waals surface area contributed by atoms with Crippen LogP contribution < -0.4 is 0 Å². The fourth-order valence-electron chi connectivity index (χ4n) is 3.88. The van der Waals surface area contributed by atoms with Crippen molar-refractivity contribution in [3.63, 3.8) is 0 Å². The van der Waals surface area contributed by atoms with Crippen molar-refractivity contribution in [2.24, 2.45) is 0 Å². The predicted octanol–water partition coefficient (Wildman–Crippen LogP) is 3.43. The molecule has 0 aliphatic carbocycles. The van der Waals surface area contributed by atoms with Crippen LogP contribution in [0.1, 0.15) is 34.9 Å². The number of nitrogens with zero attached hydrogens (tertiary/aromatic N) is 5. The summed E-state index contributed by atoms with van der Waals surface area (Å²) in [6.45, 7) is 1.44. The molecular formula is C22H20N6O. The Morgan fingerprint density at radius 3 is 2.59 bits per heavy atom. The van der Waals surface area contributed by atoms with Gasteiger partial charge in [-0.1, -0.05) is 0 Å². The van der Waals surface area contributed by atoms with Crippen LogP contribution in [0.2, 0.25) is 0 Å². The third kappa shape index (κ3) is 3.47. The highest BCUT2D eigenvalue weighted by atomic mass is 16.2. The van der Waals surface area contributed by atoms with Crippen molar-refractivity contribution >= 4 is 16.9 Å². The Labute approximate surface area is 167 Å². The molecule has 0 radical (unpaired) electrons. The number of aromatic amines is 1. The monoisotopic (exact) mass is 384 g/mol. The SMILES string of the molecule is O=C(c1ccn[nH]1)N1CCC(c2ccc3cc(-c4ccncc4)cnc3n2)CC1. The van der Waals surface area contributed by atoms with Crippen LogP contribution in [0.3, 0.4) is 0 Å². The van der Waals surface area contributed by atoms with Gasteiger partial charge in [0.25, 0.3) is 5.91 Å². The summed E-state index contributed by atoms with van der Waals surface area (Å²) < 4.78 is 0. The molecule has 1 amide bonds. The number of amides is 1. The molecule has 0 saturated carbocycles. The van der Waals surface area contributed by atoms with Crippen LogP contribution in [-0.4, -0.2) is 49.0 Å². The lowest BCUT2D eigenvalue weighted by molar-refractivity contribution is 0.0706. The van der Waals surface area contributed by atoms with E-state index in [0.717, 1.165) is 53.8 Å². The Morgan fingerprint density at radius 2 is 1.83 bits per heavy atom. The second kappa shape index (κ2) is 7.43. The Bertz CT molecular complexity index is 1130. The Kier molecular flexibility index (Phi) is 4.48. The van der Waals surface area contributed by atoms with Gasteiger partial charge in [-0.25, -0.2) is 9.97 Å². The number of pyridine rings is 3. The fraction of sp³-hybridized carbons (Fsp3) is 0.227. The van der Waals surface area contributed by atoms with Crippen molar-refractivity contribution in [1.82, 2.24) is 30.0 Å². The van der Waals surface area contributed by atoms with E-state index in [4.69, 9.17) is 4.98 Å². The fourth-order valence-corrected chi connectivity index (χ4v) is 3.88. The molecule has 7 heteroatoms. The molecule has 5 heterocycles. The van der Waals surface area contributed by atoms with E-state index in [1.165, 1.54) is 0 Å². The smallest absolute Gasteiger partial charge is 0.271 e. The normalized spacial score (nSPS) is 15.0. The zero-order chi connectivity index (χ0) is 19.6. The maximum atomic E-state index is 12.5. The largest absolute Gasteiger partial charge is 0.337 e. The summed E-state index contributed by atoms with van der Waals surface area (Å²) in [7, 11) is 0. The summed E-state index contributed by atoms with van der Waals surface area (Å²) in [6, 6.07) is 12.0. The van der Waals surface area contributed by atoms with Gasteiger partial charge in [-0.15, -0.1) is 0 Å². The number of hydrogen-bond acceptors (Lipinski definition) is 5. The van der Waals surface area contributed by atoms with E-state index in [-0.39, 0.29) is 5.91 Å². The first-order chi connectivity index (χ1) is 14.3. The van der Waals surface area contributed by atoms with E-state index < -0.39 is 0 Å². The minimum absolute atomic E-state index is 0.0118. The standard InChI is InChI=1S/C22H20N6O/c29-22(20-5-10-25-27-20)28-11-6-16(7-12-28)19-2-1-17-13-18(14-24-21(17)26-19)15-3-8-23-9-4-15/h1-5,8-10,13-14,16H,6-7,11-12H2,(H,25,27). The van der Waals surface area contributed by atoms with E-state index in [9.17, 15) is 4.79 Å². The van der Waals surface area contributed by atoms with Crippen LogP contribution in [0, 0.1) is 0 Å². The quantitative estimate of drug-likeness (QED) is 0.585. The van der Waals surface area contributed by atoms with E-state index in [0.29, 0.717) is 11.6 Å². The first-order valence-electron chi connectivity index (χ1n) is 9.74. The summed E-state index contributed by atoms with van der Waals surface area (Å²) >= 11 is 0. The molecule has 1 fully saturated rings. The molecule has 29 heavy (non-hydrogen) atoms. The molecule has 0 bridgehead atoms. The molecule has 7 nitrogen and oxygen atoms in total. The van der Waals surface area contributed by atoms with Crippen molar-refractivity contribution in [3.05, 3.63) is 72.6 Å². The van der Waals surface area contributed by atoms with E-state index >= 15 is 0 Å². The van der Waals surface area contributed by atoms with Crippen LogP contribution in [0.5, 0.6) is 0 Å². The average molecular weight is 384 g/mol. The summed E-state index contributed by atoms with van der Waals surface area (Å²) in [5.41, 5.74) is 4.50. The van der Waals surface area contributed by atoms with Gasteiger partial charge in [0.15, 0.2) is 5.65 Å². The van der Waals surface area contributed by atoms with Gasteiger partial charge in [0, 0.05) is 60.4 Å². The number of hydrogen-bond donors (Lipinski definition) is 1. The third-order valence-corrected chi connectivity index (χ3v) is 5.51. The second-order valence-corrected chi connectivity index (χ2v) is 7.28. The highest BCUT2D eigenvalue weighted by Crippen LogP contribution is 2.29. The molecule has 0 spiro atoms. The first kappa shape index (κ1) is 17.5. The summed E-state index contributed by atoms with van der Waals surface area (Å²) in [5, 5.41) is 7.63. The molecule has 0 atom stereocenters. The van der Waals surface area contributed by atoms with Crippen molar-refractivity contribution in [2.45, 2.75) is 18.8 Å². The molecule has 1 aliphatic rings. The molecule has 4 aromatic heterocycles.